The number of aromatic nitrogens is 3. The van der Waals surface area contributed by atoms with E-state index in [-0.39, 0.29) is 16.0 Å². The molecule has 3 N–H and O–H groups in total. The molecule has 2 aromatic heterocycles. The van der Waals surface area contributed by atoms with Crippen LogP contribution >= 0.6 is 0 Å². The number of imidazole rings is 1. The van der Waals surface area contributed by atoms with Crippen LogP contribution in [0.25, 0.3) is 0 Å². The molecule has 10 nitrogen and oxygen atoms in total. The summed E-state index contributed by atoms with van der Waals surface area (Å²) in [4.78, 5) is 35.2. The fraction of sp³-hybridized carbons (Fsp3) is 0.444. The molecule has 0 aliphatic carbocycles. The summed E-state index contributed by atoms with van der Waals surface area (Å²) in [6, 6.07) is 2.83. The third-order valence-electron chi connectivity index (χ3n) is 4.58. The zero-order chi connectivity index (χ0) is 20.8. The van der Waals surface area contributed by atoms with Gasteiger partial charge in [-0.15, -0.1) is 0 Å². The van der Waals surface area contributed by atoms with Gasteiger partial charge in [0.2, 0.25) is 5.95 Å². The molecule has 11 heteroatoms. The molecular formula is C18H31FN8O2. The number of rotatable bonds is 6. The number of nitrogens with one attached hydrogen (secondary N) is 3. The second kappa shape index (κ2) is 9.32. The van der Waals surface area contributed by atoms with Gasteiger partial charge < -0.3 is 20.1 Å². The summed E-state index contributed by atoms with van der Waals surface area (Å²) in [7, 11) is 1.48. The number of pyridine rings is 1. The Hall–Kier alpha value is -3.21. The second-order valence-electron chi connectivity index (χ2n) is 6.59. The molecule has 1 aliphatic heterocycles. The summed E-state index contributed by atoms with van der Waals surface area (Å²) in [5.41, 5.74) is 0.456. The van der Waals surface area contributed by atoms with Crippen LogP contribution in [0.2, 0.25) is 0 Å². The molecule has 3 rings (SSSR count). The Kier molecular flexibility index (Phi) is 6.60. The van der Waals surface area contributed by atoms with E-state index in [1.165, 1.54) is 13.1 Å². The van der Waals surface area contributed by atoms with Gasteiger partial charge in [0.1, 0.15) is 5.69 Å². The minimum Gasteiger partial charge on any atom is -0.365 e. The van der Waals surface area contributed by atoms with Crippen LogP contribution < -0.4 is 20.9 Å². The van der Waals surface area contributed by atoms with Crippen molar-refractivity contribution >= 4 is 23.4 Å². The largest absolute Gasteiger partial charge is 0.365 e. The SMILES string of the molecule is CCNC(=O)Nc1cn(CN2CCN(c3ccc(C(=O)NC)nc3F)CC2)cn1.[HH].[HH].[HH]. The van der Waals surface area contributed by atoms with Crippen LogP contribution in [0.3, 0.4) is 0 Å². The van der Waals surface area contributed by atoms with Gasteiger partial charge in [0.25, 0.3) is 5.91 Å². The normalized spacial score (nSPS) is 14.5. The Morgan fingerprint density at radius 2 is 2.00 bits per heavy atom. The number of urea groups is 1. The third kappa shape index (κ3) is 5.19. The van der Waals surface area contributed by atoms with Gasteiger partial charge >= 0.3 is 6.03 Å². The van der Waals surface area contributed by atoms with Gasteiger partial charge in [-0.05, 0) is 19.1 Å². The van der Waals surface area contributed by atoms with E-state index < -0.39 is 11.9 Å². The maximum Gasteiger partial charge on any atom is 0.320 e. The number of amides is 3. The first-order valence-electron chi connectivity index (χ1n) is 9.42. The lowest BCUT2D eigenvalue weighted by Gasteiger charge is -2.36. The Labute approximate surface area is 172 Å². The van der Waals surface area contributed by atoms with Crippen LogP contribution in [-0.2, 0) is 6.67 Å². The summed E-state index contributed by atoms with van der Waals surface area (Å²) in [6.07, 6.45) is 3.43. The minimum absolute atomic E-state index is 0. The molecular weight excluding hydrogens is 379 g/mol. The van der Waals surface area contributed by atoms with Crippen LogP contribution in [0, 0.1) is 5.95 Å². The first-order chi connectivity index (χ1) is 14.0. The number of hydrogen-bond acceptors (Lipinski definition) is 6. The molecule has 0 bridgehead atoms. The predicted molar refractivity (Wildman–Crippen MR) is 113 cm³/mol. The zero-order valence-corrected chi connectivity index (χ0v) is 16.5. The highest BCUT2D eigenvalue weighted by Gasteiger charge is 2.21. The fourth-order valence-corrected chi connectivity index (χ4v) is 3.10. The second-order valence-corrected chi connectivity index (χ2v) is 6.59. The molecule has 1 fully saturated rings. The van der Waals surface area contributed by atoms with Crippen LogP contribution in [0.15, 0.2) is 24.7 Å². The van der Waals surface area contributed by atoms with Crippen molar-refractivity contribution in [1.29, 1.82) is 0 Å². The van der Waals surface area contributed by atoms with E-state index in [0.717, 1.165) is 13.1 Å². The summed E-state index contributed by atoms with van der Waals surface area (Å²) in [5, 5.41) is 7.75. The molecule has 2 aromatic rings. The van der Waals surface area contributed by atoms with Gasteiger partial charge in [-0.3, -0.25) is 15.0 Å². The van der Waals surface area contributed by atoms with E-state index in [9.17, 15) is 14.0 Å². The lowest BCUT2D eigenvalue weighted by atomic mass is 10.2. The van der Waals surface area contributed by atoms with Crippen LogP contribution in [0.1, 0.15) is 21.7 Å². The summed E-state index contributed by atoms with van der Waals surface area (Å²) < 4.78 is 16.2. The van der Waals surface area contributed by atoms with Gasteiger partial charge in [-0.2, -0.15) is 4.39 Å². The topological polar surface area (TPSA) is 107 Å². The number of nitrogens with zero attached hydrogens (tertiary/aromatic N) is 5. The van der Waals surface area contributed by atoms with Crippen molar-refractivity contribution in [2.75, 3.05) is 50.0 Å². The highest BCUT2D eigenvalue weighted by atomic mass is 19.1. The highest BCUT2D eigenvalue weighted by Crippen LogP contribution is 2.20. The van der Waals surface area contributed by atoms with E-state index >= 15 is 0 Å². The maximum absolute atomic E-state index is 14.3. The van der Waals surface area contributed by atoms with E-state index in [1.54, 1.807) is 18.6 Å². The van der Waals surface area contributed by atoms with E-state index in [4.69, 9.17) is 0 Å². The number of piperazine rings is 1. The maximum atomic E-state index is 14.3. The van der Waals surface area contributed by atoms with Crippen molar-refractivity contribution < 1.29 is 18.3 Å². The monoisotopic (exact) mass is 410 g/mol. The molecule has 0 radical (unpaired) electrons. The quantitative estimate of drug-likeness (QED) is 0.622. The fourth-order valence-electron chi connectivity index (χ4n) is 3.10. The smallest absolute Gasteiger partial charge is 0.320 e. The standard InChI is InChI=1S/C18H25FN8O2.3H2/c1-3-21-18(29)24-15-10-26(11-22-15)12-25-6-8-27(9-7-25)14-5-4-13(17(28)20-2)23-16(14)19;;;/h4-5,10-11H,3,6-9,12H2,1-2H3,(H,20,28)(H2,21,24,29);3*1H. The van der Waals surface area contributed by atoms with Crippen molar-refractivity contribution in [2.24, 2.45) is 0 Å². The average molecular weight is 410 g/mol. The number of hydrogen-bond donors (Lipinski definition) is 3. The van der Waals surface area contributed by atoms with Crippen molar-refractivity contribution in [1.82, 2.24) is 30.1 Å². The highest BCUT2D eigenvalue weighted by molar-refractivity contribution is 5.92. The molecule has 29 heavy (non-hydrogen) atoms. The van der Waals surface area contributed by atoms with Gasteiger partial charge in [-0.1, -0.05) is 0 Å². The Morgan fingerprint density at radius 3 is 2.66 bits per heavy atom. The number of anilines is 2. The van der Waals surface area contributed by atoms with E-state index in [1.807, 2.05) is 16.4 Å². The molecule has 0 atom stereocenters. The predicted octanol–water partition coefficient (Wildman–Crippen LogP) is 1.44. The van der Waals surface area contributed by atoms with Crippen molar-refractivity contribution in [3.8, 4) is 0 Å². The lowest BCUT2D eigenvalue weighted by molar-refractivity contribution is 0.0957. The molecule has 3 heterocycles. The molecule has 0 saturated carbocycles. The third-order valence-corrected chi connectivity index (χ3v) is 4.58. The van der Waals surface area contributed by atoms with Gasteiger partial charge in [0, 0.05) is 50.2 Å². The van der Waals surface area contributed by atoms with Gasteiger partial charge in [0.05, 0.1) is 18.7 Å². The van der Waals surface area contributed by atoms with Crippen molar-refractivity contribution in [2.45, 2.75) is 13.6 Å². The van der Waals surface area contributed by atoms with Crippen molar-refractivity contribution in [3.05, 3.63) is 36.3 Å². The first-order valence-corrected chi connectivity index (χ1v) is 9.42. The van der Waals surface area contributed by atoms with Crippen molar-refractivity contribution in [3.63, 3.8) is 0 Å². The van der Waals surface area contributed by atoms with E-state index in [2.05, 4.69) is 30.8 Å². The number of carbonyl (C=O) groups excluding carboxylic acids is 2. The molecule has 3 amide bonds. The van der Waals surface area contributed by atoms with Crippen LogP contribution in [0.5, 0.6) is 0 Å². The van der Waals surface area contributed by atoms with E-state index in [0.29, 0.717) is 37.8 Å². The average Bonchev–Trinajstić information content (AvgIpc) is 3.14. The number of carbonyl (C=O) groups is 2. The summed E-state index contributed by atoms with van der Waals surface area (Å²) in [6.45, 7) is 5.74. The zero-order valence-electron chi connectivity index (χ0n) is 16.5. The minimum atomic E-state index is -0.643. The molecule has 0 spiro atoms. The van der Waals surface area contributed by atoms with Crippen LogP contribution in [0.4, 0.5) is 20.7 Å². The Bertz CT molecular complexity index is 878. The van der Waals surface area contributed by atoms with Gasteiger partial charge in [0.15, 0.2) is 5.82 Å². The lowest BCUT2D eigenvalue weighted by Crippen LogP contribution is -2.47. The molecule has 1 aliphatic rings. The van der Waals surface area contributed by atoms with Gasteiger partial charge in [-0.25, -0.2) is 14.8 Å². The van der Waals surface area contributed by atoms with Crippen LogP contribution in [-0.4, -0.2) is 71.1 Å². The Morgan fingerprint density at radius 1 is 1.24 bits per heavy atom. The molecule has 1 saturated heterocycles. The Balaban J connectivity index is 0.00000320. The number of halogens is 1. The first kappa shape index (κ1) is 20.5. The summed E-state index contributed by atoms with van der Waals surface area (Å²) in [5.74, 6) is -0.573. The summed E-state index contributed by atoms with van der Waals surface area (Å²) >= 11 is 0. The molecule has 0 unspecified atom stereocenters. The molecule has 162 valence electrons. The molecule has 0 aromatic carbocycles.